The lowest BCUT2D eigenvalue weighted by atomic mass is 9.95. The number of likely N-dealkylation sites (tertiary alicyclic amines) is 1. The van der Waals surface area contributed by atoms with Crippen LogP contribution in [0.5, 0.6) is 17.2 Å². The first-order chi connectivity index (χ1) is 15.4. The molecular weight excluding hydrogens is 418 g/mol. The molecule has 3 N–H and O–H groups in total. The number of aliphatic hydroxyl groups is 2. The summed E-state index contributed by atoms with van der Waals surface area (Å²) in [5.41, 5.74) is 0.724. The maximum atomic E-state index is 13.0. The van der Waals surface area contributed by atoms with Crippen molar-refractivity contribution in [1.29, 1.82) is 0 Å². The number of Topliss-reactive ketones (excluding diaryl/α,β-unsaturated/α-hetero) is 1. The highest BCUT2D eigenvalue weighted by molar-refractivity contribution is 6.46. The van der Waals surface area contributed by atoms with Crippen LogP contribution in [-0.2, 0) is 14.3 Å². The Labute approximate surface area is 185 Å². The lowest BCUT2D eigenvalue weighted by molar-refractivity contribution is -0.140. The van der Waals surface area contributed by atoms with E-state index in [1.165, 1.54) is 31.3 Å². The maximum Gasteiger partial charge on any atom is 0.295 e. The number of benzene rings is 2. The van der Waals surface area contributed by atoms with Crippen LogP contribution in [0, 0.1) is 0 Å². The van der Waals surface area contributed by atoms with Gasteiger partial charge in [0.05, 0.1) is 45.7 Å². The number of phenols is 1. The molecule has 1 atom stereocenters. The summed E-state index contributed by atoms with van der Waals surface area (Å²) < 4.78 is 15.6. The summed E-state index contributed by atoms with van der Waals surface area (Å²) in [5, 5.41) is 29.9. The fourth-order valence-electron chi connectivity index (χ4n) is 3.56. The zero-order chi connectivity index (χ0) is 23.3. The number of aliphatic hydroxyl groups excluding tert-OH is 2. The molecule has 9 heteroatoms. The average molecular weight is 443 g/mol. The number of carbonyl (C=O) groups excluding carboxylic acids is 2. The third-order valence-corrected chi connectivity index (χ3v) is 5.14. The van der Waals surface area contributed by atoms with E-state index in [0.29, 0.717) is 16.9 Å². The number of carbonyl (C=O) groups is 2. The molecule has 170 valence electrons. The highest BCUT2D eigenvalue weighted by Gasteiger charge is 2.46. The first-order valence-corrected chi connectivity index (χ1v) is 9.91. The summed E-state index contributed by atoms with van der Waals surface area (Å²) in [5.74, 6) is -1.32. The minimum absolute atomic E-state index is 0.0534. The van der Waals surface area contributed by atoms with Crippen LogP contribution in [0.3, 0.4) is 0 Å². The van der Waals surface area contributed by atoms with Crippen LogP contribution in [-0.4, -0.2) is 72.5 Å². The fourth-order valence-corrected chi connectivity index (χ4v) is 3.56. The third kappa shape index (κ3) is 4.53. The van der Waals surface area contributed by atoms with Gasteiger partial charge in [0.2, 0.25) is 0 Å². The number of methoxy groups -OCH3 is 2. The number of hydrogen-bond donors (Lipinski definition) is 3. The lowest BCUT2D eigenvalue weighted by Crippen LogP contribution is -2.33. The second kappa shape index (κ2) is 10.2. The molecule has 3 rings (SSSR count). The quantitative estimate of drug-likeness (QED) is 0.232. The topological polar surface area (TPSA) is 126 Å². The summed E-state index contributed by atoms with van der Waals surface area (Å²) in [7, 11) is 2.90. The Hall–Kier alpha value is -3.56. The molecule has 2 aromatic carbocycles. The summed E-state index contributed by atoms with van der Waals surface area (Å²) >= 11 is 0. The number of hydrogen-bond acceptors (Lipinski definition) is 8. The molecule has 9 nitrogen and oxygen atoms in total. The van der Waals surface area contributed by atoms with E-state index in [-0.39, 0.29) is 49.2 Å². The van der Waals surface area contributed by atoms with Crippen molar-refractivity contribution in [3.8, 4) is 17.2 Å². The van der Waals surface area contributed by atoms with Crippen molar-refractivity contribution in [2.24, 2.45) is 0 Å². The van der Waals surface area contributed by atoms with Crippen LogP contribution in [0.25, 0.3) is 5.76 Å². The van der Waals surface area contributed by atoms with Crippen molar-refractivity contribution in [3.05, 3.63) is 59.2 Å². The SMILES string of the molecule is COc1ccc(/C(O)=C2\C(=O)C(=O)N(CCOCCO)C2c2ccc(O)c(OC)c2)cc1. The molecule has 1 saturated heterocycles. The Balaban J connectivity index is 2.10. The smallest absolute Gasteiger partial charge is 0.295 e. The molecular formula is C23H25NO8. The van der Waals surface area contributed by atoms with E-state index in [2.05, 4.69) is 0 Å². The Morgan fingerprint density at radius 2 is 1.75 bits per heavy atom. The third-order valence-electron chi connectivity index (χ3n) is 5.14. The average Bonchev–Trinajstić information content (AvgIpc) is 3.06. The molecule has 0 spiro atoms. The van der Waals surface area contributed by atoms with Crippen molar-refractivity contribution >= 4 is 17.4 Å². The van der Waals surface area contributed by atoms with E-state index in [0.717, 1.165) is 0 Å². The highest BCUT2D eigenvalue weighted by Crippen LogP contribution is 2.41. The first kappa shape index (κ1) is 23.1. The van der Waals surface area contributed by atoms with Crippen molar-refractivity contribution in [2.45, 2.75) is 6.04 Å². The number of nitrogens with zero attached hydrogens (tertiary/aromatic N) is 1. The standard InChI is InChI=1S/C23H25NO8/c1-30-16-6-3-14(4-7-16)21(27)19-20(15-5-8-17(26)18(13-15)31-2)24(23(29)22(19)28)9-11-32-12-10-25/h3-8,13,20,25-27H,9-12H2,1-2H3/b21-19+. The molecule has 1 fully saturated rings. The largest absolute Gasteiger partial charge is 0.507 e. The molecule has 1 unspecified atom stereocenters. The molecule has 1 heterocycles. The van der Waals surface area contributed by atoms with E-state index < -0.39 is 17.7 Å². The minimum Gasteiger partial charge on any atom is -0.507 e. The van der Waals surface area contributed by atoms with Crippen LogP contribution in [0.15, 0.2) is 48.0 Å². The molecule has 0 aromatic heterocycles. The Bertz CT molecular complexity index is 1020. The van der Waals surface area contributed by atoms with Crippen molar-refractivity contribution < 1.29 is 39.1 Å². The molecule has 0 radical (unpaired) electrons. The van der Waals surface area contributed by atoms with Gasteiger partial charge in [-0.15, -0.1) is 0 Å². The Morgan fingerprint density at radius 3 is 2.38 bits per heavy atom. The number of ketones is 1. The van der Waals surface area contributed by atoms with Gasteiger partial charge in [0.25, 0.3) is 11.7 Å². The molecule has 1 aliphatic rings. The van der Waals surface area contributed by atoms with Crippen LogP contribution < -0.4 is 9.47 Å². The van der Waals surface area contributed by atoms with Crippen molar-refractivity contribution in [1.82, 2.24) is 4.90 Å². The van der Waals surface area contributed by atoms with E-state index >= 15 is 0 Å². The van der Waals surface area contributed by atoms with Gasteiger partial charge < -0.3 is 34.4 Å². The predicted molar refractivity (Wildman–Crippen MR) is 115 cm³/mol. The van der Waals surface area contributed by atoms with Gasteiger partial charge in [-0.1, -0.05) is 6.07 Å². The number of rotatable bonds is 9. The van der Waals surface area contributed by atoms with Gasteiger partial charge in [0.15, 0.2) is 11.5 Å². The zero-order valence-corrected chi connectivity index (χ0v) is 17.8. The predicted octanol–water partition coefficient (Wildman–Crippen LogP) is 1.84. The second-order valence-electron chi connectivity index (χ2n) is 6.99. The second-order valence-corrected chi connectivity index (χ2v) is 6.99. The molecule has 2 aromatic rings. The molecule has 1 aliphatic heterocycles. The van der Waals surface area contributed by atoms with Gasteiger partial charge in [0.1, 0.15) is 11.5 Å². The number of ether oxygens (including phenoxy) is 3. The summed E-state index contributed by atoms with van der Waals surface area (Å²) in [6, 6.07) is 9.96. The first-order valence-electron chi connectivity index (χ1n) is 9.91. The Morgan fingerprint density at radius 1 is 1.03 bits per heavy atom. The van der Waals surface area contributed by atoms with Crippen LogP contribution in [0.2, 0.25) is 0 Å². The van der Waals surface area contributed by atoms with Gasteiger partial charge >= 0.3 is 0 Å². The summed E-state index contributed by atoms with van der Waals surface area (Å²) in [6.45, 7) is 0.0576. The van der Waals surface area contributed by atoms with Crippen LogP contribution in [0.1, 0.15) is 17.2 Å². The monoisotopic (exact) mass is 443 g/mol. The molecule has 0 aliphatic carbocycles. The van der Waals surface area contributed by atoms with Gasteiger partial charge in [-0.2, -0.15) is 0 Å². The van der Waals surface area contributed by atoms with Crippen LogP contribution in [0.4, 0.5) is 0 Å². The zero-order valence-electron chi connectivity index (χ0n) is 17.8. The lowest BCUT2D eigenvalue weighted by Gasteiger charge is -2.25. The van der Waals surface area contributed by atoms with Gasteiger partial charge in [0, 0.05) is 12.1 Å². The molecule has 0 bridgehead atoms. The molecule has 0 saturated carbocycles. The number of aromatic hydroxyl groups is 1. The van der Waals surface area contributed by atoms with Crippen LogP contribution >= 0.6 is 0 Å². The fraction of sp³-hybridized carbons (Fsp3) is 0.304. The minimum atomic E-state index is -0.927. The molecule has 32 heavy (non-hydrogen) atoms. The normalized spacial score (nSPS) is 17.6. The maximum absolute atomic E-state index is 13.0. The van der Waals surface area contributed by atoms with E-state index in [4.69, 9.17) is 19.3 Å². The van der Waals surface area contributed by atoms with Gasteiger partial charge in [-0.3, -0.25) is 9.59 Å². The number of amides is 1. The van der Waals surface area contributed by atoms with Gasteiger partial charge in [-0.25, -0.2) is 0 Å². The highest BCUT2D eigenvalue weighted by atomic mass is 16.5. The van der Waals surface area contributed by atoms with E-state index in [9.17, 15) is 19.8 Å². The summed E-state index contributed by atoms with van der Waals surface area (Å²) in [6.07, 6.45) is 0. The van der Waals surface area contributed by atoms with E-state index in [1.54, 1.807) is 30.3 Å². The van der Waals surface area contributed by atoms with Crippen molar-refractivity contribution in [2.75, 3.05) is 40.6 Å². The number of phenolic OH excluding ortho intramolecular Hbond substituents is 1. The van der Waals surface area contributed by atoms with Gasteiger partial charge in [-0.05, 0) is 42.0 Å². The Kier molecular flexibility index (Phi) is 7.34. The van der Waals surface area contributed by atoms with Crippen molar-refractivity contribution in [3.63, 3.8) is 0 Å². The molecule has 1 amide bonds. The van der Waals surface area contributed by atoms with E-state index in [1.807, 2.05) is 0 Å². The summed E-state index contributed by atoms with van der Waals surface area (Å²) in [4.78, 5) is 27.1.